The van der Waals surface area contributed by atoms with Gasteiger partial charge in [-0.25, -0.2) is 4.79 Å². The van der Waals surface area contributed by atoms with Gasteiger partial charge in [-0.1, -0.05) is 65.8 Å². The molecule has 0 aliphatic heterocycles. The molecule has 1 rings (SSSR count). The zero-order chi connectivity index (χ0) is 20.1. The van der Waals surface area contributed by atoms with E-state index in [2.05, 4.69) is 32.9 Å². The highest BCUT2D eigenvalue weighted by Crippen LogP contribution is 2.22. The van der Waals surface area contributed by atoms with Crippen LogP contribution in [-0.2, 0) is 21.6 Å². The van der Waals surface area contributed by atoms with Crippen LogP contribution in [0.3, 0.4) is 0 Å². The standard InChI is InChI=1S/C21H34N2O3/c1-20(2,3)17-11-9-16(10-12-17)15-26-19(25)23(8)14-13-22(7)18(24)21(4,5)6/h9-12H,13-15H2,1-8H3. The van der Waals surface area contributed by atoms with Gasteiger partial charge in [0.05, 0.1) is 0 Å². The Balaban J connectivity index is 2.46. The molecule has 26 heavy (non-hydrogen) atoms. The van der Waals surface area contributed by atoms with Gasteiger partial charge in [-0.3, -0.25) is 4.79 Å². The number of nitrogens with zero attached hydrogens (tertiary/aromatic N) is 2. The van der Waals surface area contributed by atoms with Crippen molar-refractivity contribution in [1.82, 2.24) is 9.80 Å². The molecule has 0 aliphatic carbocycles. The molecule has 2 amide bonds. The molecular formula is C21H34N2O3. The summed E-state index contributed by atoms with van der Waals surface area (Å²) in [7, 11) is 3.43. The van der Waals surface area contributed by atoms with E-state index in [0.717, 1.165) is 5.56 Å². The van der Waals surface area contributed by atoms with Crippen molar-refractivity contribution in [3.05, 3.63) is 35.4 Å². The Bertz CT molecular complexity index is 610. The first-order chi connectivity index (χ1) is 11.8. The molecule has 0 spiro atoms. The van der Waals surface area contributed by atoms with Gasteiger partial charge in [0.25, 0.3) is 0 Å². The fourth-order valence-corrected chi connectivity index (χ4v) is 2.42. The van der Waals surface area contributed by atoms with Crippen molar-refractivity contribution in [2.45, 2.75) is 53.6 Å². The second kappa shape index (κ2) is 8.56. The fourth-order valence-electron chi connectivity index (χ4n) is 2.42. The van der Waals surface area contributed by atoms with Crippen molar-refractivity contribution in [3.63, 3.8) is 0 Å². The molecule has 0 fully saturated rings. The fraction of sp³-hybridized carbons (Fsp3) is 0.619. The Kier molecular flexibility index (Phi) is 7.25. The van der Waals surface area contributed by atoms with Crippen LogP contribution >= 0.6 is 0 Å². The molecule has 146 valence electrons. The maximum absolute atomic E-state index is 12.1. The first-order valence-corrected chi connectivity index (χ1v) is 9.05. The van der Waals surface area contributed by atoms with E-state index in [1.54, 1.807) is 19.0 Å². The van der Waals surface area contributed by atoms with Crippen molar-refractivity contribution in [3.8, 4) is 0 Å². The first-order valence-electron chi connectivity index (χ1n) is 9.05. The SMILES string of the molecule is CN(CCN(C)C(=O)C(C)(C)C)C(=O)OCc1ccc(C(C)(C)C)cc1. The predicted octanol–water partition coefficient (Wildman–Crippen LogP) is 4.06. The summed E-state index contributed by atoms with van der Waals surface area (Å²) >= 11 is 0. The van der Waals surface area contributed by atoms with Gasteiger partial charge in [0.1, 0.15) is 6.61 Å². The predicted molar refractivity (Wildman–Crippen MR) is 105 cm³/mol. The molecular weight excluding hydrogens is 328 g/mol. The molecule has 0 N–H and O–H groups in total. The minimum absolute atomic E-state index is 0.0539. The topological polar surface area (TPSA) is 49.9 Å². The van der Waals surface area contributed by atoms with Gasteiger partial charge in [0, 0.05) is 32.6 Å². The van der Waals surface area contributed by atoms with E-state index in [9.17, 15) is 9.59 Å². The van der Waals surface area contributed by atoms with Gasteiger partial charge in [0.15, 0.2) is 0 Å². The summed E-state index contributed by atoms with van der Waals surface area (Å²) < 4.78 is 5.36. The average molecular weight is 363 g/mol. The zero-order valence-corrected chi connectivity index (χ0v) is 17.5. The van der Waals surface area contributed by atoms with E-state index in [1.807, 2.05) is 32.9 Å². The number of ether oxygens (including phenoxy) is 1. The third-order valence-electron chi connectivity index (χ3n) is 4.25. The summed E-state index contributed by atoms with van der Waals surface area (Å²) in [5, 5.41) is 0. The Labute approximate surface area is 158 Å². The van der Waals surface area contributed by atoms with E-state index < -0.39 is 5.41 Å². The van der Waals surface area contributed by atoms with Gasteiger partial charge >= 0.3 is 6.09 Å². The van der Waals surface area contributed by atoms with Gasteiger partial charge in [-0.15, -0.1) is 0 Å². The highest BCUT2D eigenvalue weighted by Gasteiger charge is 2.25. The van der Waals surface area contributed by atoms with Crippen LogP contribution < -0.4 is 0 Å². The maximum Gasteiger partial charge on any atom is 0.409 e. The van der Waals surface area contributed by atoms with Crippen LogP contribution in [0.2, 0.25) is 0 Å². The molecule has 0 saturated carbocycles. The molecule has 1 aromatic carbocycles. The number of likely N-dealkylation sites (N-methyl/N-ethyl adjacent to an activating group) is 2. The van der Waals surface area contributed by atoms with E-state index in [0.29, 0.717) is 13.1 Å². The Morgan fingerprint density at radius 2 is 1.38 bits per heavy atom. The van der Waals surface area contributed by atoms with Crippen LogP contribution in [0.25, 0.3) is 0 Å². The molecule has 0 atom stereocenters. The third kappa shape index (κ3) is 6.70. The highest BCUT2D eigenvalue weighted by atomic mass is 16.6. The van der Waals surface area contributed by atoms with Crippen LogP contribution in [0.15, 0.2) is 24.3 Å². The van der Waals surface area contributed by atoms with Crippen molar-refractivity contribution < 1.29 is 14.3 Å². The van der Waals surface area contributed by atoms with Crippen LogP contribution in [0, 0.1) is 5.41 Å². The van der Waals surface area contributed by atoms with E-state index in [1.165, 1.54) is 10.5 Å². The van der Waals surface area contributed by atoms with Crippen LogP contribution in [-0.4, -0.2) is 49.0 Å². The Morgan fingerprint density at radius 3 is 1.85 bits per heavy atom. The van der Waals surface area contributed by atoms with Gasteiger partial charge < -0.3 is 14.5 Å². The lowest BCUT2D eigenvalue weighted by Gasteiger charge is -2.27. The minimum Gasteiger partial charge on any atom is -0.445 e. The normalized spacial score (nSPS) is 11.8. The van der Waals surface area contributed by atoms with Crippen LogP contribution in [0.5, 0.6) is 0 Å². The summed E-state index contributed by atoms with van der Waals surface area (Å²) in [6.45, 7) is 13.3. The highest BCUT2D eigenvalue weighted by molar-refractivity contribution is 5.81. The molecule has 0 aromatic heterocycles. The zero-order valence-electron chi connectivity index (χ0n) is 17.5. The van der Waals surface area contributed by atoms with Gasteiger partial charge in [-0.05, 0) is 16.5 Å². The molecule has 5 nitrogen and oxygen atoms in total. The van der Waals surface area contributed by atoms with Gasteiger partial charge in [-0.2, -0.15) is 0 Å². The van der Waals surface area contributed by atoms with E-state index >= 15 is 0 Å². The van der Waals surface area contributed by atoms with Crippen molar-refractivity contribution >= 4 is 12.0 Å². The number of carbonyl (C=O) groups excluding carboxylic acids is 2. The minimum atomic E-state index is -0.424. The number of hydrogen-bond acceptors (Lipinski definition) is 3. The number of carbonyl (C=O) groups is 2. The quantitative estimate of drug-likeness (QED) is 0.794. The number of amides is 2. The molecule has 0 aliphatic rings. The summed E-state index contributed by atoms with van der Waals surface area (Å²) in [6, 6.07) is 8.12. The number of hydrogen-bond donors (Lipinski definition) is 0. The second-order valence-corrected chi connectivity index (χ2v) is 8.90. The Hall–Kier alpha value is -2.04. The number of rotatable bonds is 5. The molecule has 0 bridgehead atoms. The summed E-state index contributed by atoms with van der Waals surface area (Å²) in [5.41, 5.74) is 1.88. The molecule has 1 aromatic rings. The third-order valence-corrected chi connectivity index (χ3v) is 4.25. The first kappa shape index (κ1) is 22.0. The van der Waals surface area contributed by atoms with Crippen molar-refractivity contribution in [1.29, 1.82) is 0 Å². The molecule has 5 heteroatoms. The number of benzene rings is 1. The molecule has 0 unspecified atom stereocenters. The van der Waals surface area contributed by atoms with E-state index in [4.69, 9.17) is 4.74 Å². The average Bonchev–Trinajstić information content (AvgIpc) is 2.55. The largest absolute Gasteiger partial charge is 0.445 e. The van der Waals surface area contributed by atoms with Crippen LogP contribution in [0.4, 0.5) is 4.79 Å². The smallest absolute Gasteiger partial charge is 0.409 e. The summed E-state index contributed by atoms with van der Waals surface area (Å²) in [4.78, 5) is 27.4. The summed E-state index contributed by atoms with van der Waals surface area (Å²) in [6.07, 6.45) is -0.387. The molecule has 0 saturated heterocycles. The van der Waals surface area contributed by atoms with Crippen LogP contribution in [0.1, 0.15) is 52.7 Å². The van der Waals surface area contributed by atoms with Gasteiger partial charge in [0.2, 0.25) is 5.91 Å². The van der Waals surface area contributed by atoms with Crippen molar-refractivity contribution in [2.24, 2.45) is 5.41 Å². The lowest BCUT2D eigenvalue weighted by Crippen LogP contribution is -2.41. The second-order valence-electron chi connectivity index (χ2n) is 8.90. The summed E-state index contributed by atoms with van der Waals surface area (Å²) in [5.74, 6) is 0.0539. The van der Waals surface area contributed by atoms with E-state index in [-0.39, 0.29) is 24.0 Å². The molecule has 0 radical (unpaired) electrons. The Morgan fingerprint density at radius 1 is 0.885 bits per heavy atom. The lowest BCUT2D eigenvalue weighted by molar-refractivity contribution is -0.138. The lowest BCUT2D eigenvalue weighted by atomic mass is 9.87. The molecule has 0 heterocycles. The monoisotopic (exact) mass is 362 g/mol. The van der Waals surface area contributed by atoms with Crippen molar-refractivity contribution in [2.75, 3.05) is 27.2 Å². The maximum atomic E-state index is 12.1.